The van der Waals surface area contributed by atoms with E-state index in [-0.39, 0.29) is 16.6 Å². The SMILES string of the molecule is Cc1cscc1-c1cccc(N[C@@H](C)c2cc3cc(F)cc(Cl)c3[nH]c2=O)c1. The Morgan fingerprint density at radius 1 is 1.18 bits per heavy atom. The first kappa shape index (κ1) is 18.7. The van der Waals surface area contributed by atoms with Crippen molar-refractivity contribution in [3.8, 4) is 11.1 Å². The Labute approximate surface area is 170 Å². The molecule has 0 aliphatic heterocycles. The molecule has 28 heavy (non-hydrogen) atoms. The van der Waals surface area contributed by atoms with Gasteiger partial charge in [-0.3, -0.25) is 4.79 Å². The second kappa shape index (κ2) is 7.41. The minimum atomic E-state index is -0.435. The van der Waals surface area contributed by atoms with Crippen molar-refractivity contribution in [2.45, 2.75) is 19.9 Å². The van der Waals surface area contributed by atoms with Gasteiger partial charge in [-0.25, -0.2) is 4.39 Å². The molecule has 6 heteroatoms. The fourth-order valence-electron chi connectivity index (χ4n) is 3.34. The van der Waals surface area contributed by atoms with Crippen molar-refractivity contribution in [3.63, 3.8) is 0 Å². The van der Waals surface area contributed by atoms with E-state index >= 15 is 0 Å². The van der Waals surface area contributed by atoms with Crippen LogP contribution in [0.3, 0.4) is 0 Å². The van der Waals surface area contributed by atoms with Gasteiger partial charge < -0.3 is 10.3 Å². The molecule has 0 radical (unpaired) electrons. The van der Waals surface area contributed by atoms with E-state index in [9.17, 15) is 9.18 Å². The average molecular weight is 413 g/mol. The number of halogens is 2. The number of pyridine rings is 1. The molecule has 0 saturated carbocycles. The second-order valence-corrected chi connectivity index (χ2v) is 7.97. The summed E-state index contributed by atoms with van der Waals surface area (Å²) in [5.41, 5.74) is 5.19. The van der Waals surface area contributed by atoms with Gasteiger partial charge in [0.1, 0.15) is 5.82 Å². The number of thiophene rings is 1. The Bertz CT molecular complexity index is 1230. The molecule has 0 aliphatic rings. The Morgan fingerprint density at radius 2 is 2.00 bits per heavy atom. The third-order valence-corrected chi connectivity index (χ3v) is 5.94. The van der Waals surface area contributed by atoms with E-state index in [0.717, 1.165) is 11.3 Å². The maximum atomic E-state index is 13.7. The molecule has 2 aromatic carbocycles. The molecule has 3 nitrogen and oxygen atoms in total. The summed E-state index contributed by atoms with van der Waals surface area (Å²) in [5, 5.41) is 8.38. The van der Waals surface area contributed by atoms with Gasteiger partial charge in [0.25, 0.3) is 5.56 Å². The topological polar surface area (TPSA) is 44.9 Å². The zero-order chi connectivity index (χ0) is 19.8. The van der Waals surface area contributed by atoms with Crippen LogP contribution in [-0.2, 0) is 0 Å². The van der Waals surface area contributed by atoms with Gasteiger partial charge in [-0.1, -0.05) is 23.7 Å². The van der Waals surface area contributed by atoms with Crippen molar-refractivity contribution >= 4 is 39.5 Å². The maximum Gasteiger partial charge on any atom is 0.253 e. The Balaban J connectivity index is 1.67. The molecule has 0 fully saturated rings. The predicted octanol–water partition coefficient (Wildman–Crippen LogP) is 6.53. The number of aromatic nitrogens is 1. The summed E-state index contributed by atoms with van der Waals surface area (Å²) in [4.78, 5) is 15.3. The number of nitrogens with one attached hydrogen (secondary N) is 2. The van der Waals surface area contributed by atoms with Crippen molar-refractivity contribution in [2.75, 3.05) is 5.32 Å². The van der Waals surface area contributed by atoms with Crippen LogP contribution in [0.2, 0.25) is 5.02 Å². The summed E-state index contributed by atoms with van der Waals surface area (Å²) in [6, 6.07) is 12.1. The van der Waals surface area contributed by atoms with Gasteiger partial charge in [0.2, 0.25) is 0 Å². The molecular weight excluding hydrogens is 395 g/mol. The summed E-state index contributed by atoms with van der Waals surface area (Å²) >= 11 is 7.73. The highest BCUT2D eigenvalue weighted by Crippen LogP contribution is 2.30. The van der Waals surface area contributed by atoms with Gasteiger partial charge in [-0.2, -0.15) is 11.3 Å². The highest BCUT2D eigenvalue weighted by molar-refractivity contribution is 7.08. The number of fused-ring (bicyclic) bond motifs is 1. The van der Waals surface area contributed by atoms with E-state index in [2.05, 4.69) is 40.1 Å². The van der Waals surface area contributed by atoms with Crippen molar-refractivity contribution < 1.29 is 4.39 Å². The van der Waals surface area contributed by atoms with Gasteiger partial charge in [0.15, 0.2) is 0 Å². The lowest BCUT2D eigenvalue weighted by Crippen LogP contribution is -2.19. The number of rotatable bonds is 4. The first-order chi connectivity index (χ1) is 13.4. The van der Waals surface area contributed by atoms with Crippen LogP contribution >= 0.6 is 22.9 Å². The van der Waals surface area contributed by atoms with Crippen molar-refractivity contribution in [1.29, 1.82) is 0 Å². The molecule has 2 aromatic heterocycles. The van der Waals surface area contributed by atoms with Gasteiger partial charge in [-0.15, -0.1) is 0 Å². The predicted molar refractivity (Wildman–Crippen MR) is 116 cm³/mol. The molecule has 4 aromatic rings. The molecule has 0 spiro atoms. The number of hydrogen-bond acceptors (Lipinski definition) is 3. The van der Waals surface area contributed by atoms with Crippen molar-refractivity contribution in [3.05, 3.63) is 85.5 Å². The number of aryl methyl sites for hydroxylation is 1. The van der Waals surface area contributed by atoms with Crippen LogP contribution < -0.4 is 10.9 Å². The number of anilines is 1. The fraction of sp³-hybridized carbons (Fsp3) is 0.136. The smallest absolute Gasteiger partial charge is 0.253 e. The minimum absolute atomic E-state index is 0.193. The summed E-state index contributed by atoms with van der Waals surface area (Å²) in [7, 11) is 0. The average Bonchev–Trinajstić information content (AvgIpc) is 3.08. The first-order valence-corrected chi connectivity index (χ1v) is 10.2. The molecular formula is C22H18ClFN2OS. The zero-order valence-electron chi connectivity index (χ0n) is 15.3. The van der Waals surface area contributed by atoms with Gasteiger partial charge >= 0.3 is 0 Å². The van der Waals surface area contributed by atoms with Gasteiger partial charge in [-0.05, 0) is 71.6 Å². The fourth-order valence-corrected chi connectivity index (χ4v) is 4.46. The van der Waals surface area contributed by atoms with E-state index < -0.39 is 5.82 Å². The van der Waals surface area contributed by atoms with E-state index in [1.165, 1.54) is 23.3 Å². The first-order valence-electron chi connectivity index (χ1n) is 8.84. The number of H-pyrrole nitrogens is 1. The highest BCUT2D eigenvalue weighted by atomic mass is 35.5. The van der Waals surface area contributed by atoms with Crippen LogP contribution in [0.15, 0.2) is 58.0 Å². The normalized spacial score (nSPS) is 12.3. The Kier molecular flexibility index (Phi) is 4.96. The summed E-state index contributed by atoms with van der Waals surface area (Å²) in [5.74, 6) is -0.435. The molecule has 2 heterocycles. The molecule has 1 atom stereocenters. The van der Waals surface area contributed by atoms with Crippen LogP contribution in [-0.4, -0.2) is 4.98 Å². The Morgan fingerprint density at radius 3 is 2.75 bits per heavy atom. The molecule has 0 amide bonds. The van der Waals surface area contributed by atoms with Crippen LogP contribution in [0.1, 0.15) is 24.1 Å². The van der Waals surface area contributed by atoms with Crippen molar-refractivity contribution in [1.82, 2.24) is 4.98 Å². The number of aromatic amines is 1. The largest absolute Gasteiger partial charge is 0.378 e. The summed E-state index contributed by atoms with van der Waals surface area (Å²) in [6.07, 6.45) is 0. The summed E-state index contributed by atoms with van der Waals surface area (Å²) < 4.78 is 13.7. The van der Waals surface area contributed by atoms with Crippen molar-refractivity contribution in [2.24, 2.45) is 0 Å². The van der Waals surface area contributed by atoms with Crippen LogP contribution in [0, 0.1) is 12.7 Å². The third kappa shape index (κ3) is 3.55. The highest BCUT2D eigenvalue weighted by Gasteiger charge is 2.14. The van der Waals surface area contributed by atoms with E-state index in [1.54, 1.807) is 17.4 Å². The van der Waals surface area contributed by atoms with E-state index in [4.69, 9.17) is 11.6 Å². The summed E-state index contributed by atoms with van der Waals surface area (Å²) in [6.45, 7) is 3.99. The van der Waals surface area contributed by atoms with Crippen LogP contribution in [0.5, 0.6) is 0 Å². The van der Waals surface area contributed by atoms with Gasteiger partial charge in [0.05, 0.1) is 16.6 Å². The standard InChI is InChI=1S/C22H18ClFN2OS/c1-12-10-28-11-19(12)14-4-3-5-17(7-14)25-13(2)18-8-15-6-16(24)9-20(23)21(15)26-22(18)27/h3-11,13,25H,1-2H3,(H,26,27)/t13-/m0/s1. The maximum absolute atomic E-state index is 13.7. The monoisotopic (exact) mass is 412 g/mol. The third-order valence-electron chi connectivity index (χ3n) is 4.78. The molecule has 4 rings (SSSR count). The van der Waals surface area contributed by atoms with Crippen LogP contribution in [0.4, 0.5) is 10.1 Å². The second-order valence-electron chi connectivity index (χ2n) is 6.82. The molecule has 0 unspecified atom stereocenters. The minimum Gasteiger partial charge on any atom is -0.378 e. The number of benzene rings is 2. The quantitative estimate of drug-likeness (QED) is 0.400. The van der Waals surface area contributed by atoms with E-state index in [1.807, 2.05) is 19.1 Å². The Hall–Kier alpha value is -2.63. The molecule has 142 valence electrons. The lowest BCUT2D eigenvalue weighted by molar-refractivity contribution is 0.629. The lowest BCUT2D eigenvalue weighted by atomic mass is 10.0. The van der Waals surface area contributed by atoms with Crippen LogP contribution in [0.25, 0.3) is 22.0 Å². The lowest BCUT2D eigenvalue weighted by Gasteiger charge is -2.16. The zero-order valence-corrected chi connectivity index (χ0v) is 16.9. The molecule has 2 N–H and O–H groups in total. The molecule has 0 saturated heterocycles. The van der Waals surface area contributed by atoms with E-state index in [0.29, 0.717) is 16.5 Å². The molecule has 0 bridgehead atoms. The molecule has 0 aliphatic carbocycles. The number of hydrogen-bond donors (Lipinski definition) is 2. The van der Waals surface area contributed by atoms with Gasteiger partial charge in [0, 0.05) is 16.6 Å².